The van der Waals surface area contributed by atoms with Gasteiger partial charge in [-0.15, -0.1) is 0 Å². The molecule has 2 heterocycles. The van der Waals surface area contributed by atoms with Crippen molar-refractivity contribution in [3.8, 4) is 0 Å². The molecular weight excluding hydrogens is 242 g/mol. The molecule has 0 unspecified atom stereocenters. The lowest BCUT2D eigenvalue weighted by Gasteiger charge is -2.25. The van der Waals surface area contributed by atoms with Gasteiger partial charge in [-0.3, -0.25) is 4.79 Å². The van der Waals surface area contributed by atoms with E-state index < -0.39 is 0 Å². The molecule has 1 N–H and O–H groups in total. The highest BCUT2D eigenvalue weighted by molar-refractivity contribution is 5.77. The normalized spacial score (nSPS) is 23.3. The van der Waals surface area contributed by atoms with Crippen LogP contribution in [0.5, 0.6) is 0 Å². The molecule has 1 aliphatic heterocycles. The van der Waals surface area contributed by atoms with Gasteiger partial charge in [0.1, 0.15) is 12.4 Å². The van der Waals surface area contributed by atoms with Gasteiger partial charge in [-0.05, 0) is 19.3 Å². The van der Waals surface area contributed by atoms with E-state index in [4.69, 9.17) is 4.74 Å². The summed E-state index contributed by atoms with van der Waals surface area (Å²) in [4.78, 5) is 16.1. The van der Waals surface area contributed by atoms with Crippen molar-refractivity contribution in [1.29, 1.82) is 0 Å². The Hall–Kier alpha value is -1.36. The fourth-order valence-electron chi connectivity index (χ4n) is 3.00. The van der Waals surface area contributed by atoms with Gasteiger partial charge >= 0.3 is 0 Å². The third-order valence-corrected chi connectivity index (χ3v) is 4.05. The summed E-state index contributed by atoms with van der Waals surface area (Å²) in [5.74, 6) is 1.13. The lowest BCUT2D eigenvalue weighted by molar-refractivity contribution is -0.128. The Balaban J connectivity index is 1.42. The number of hydrogen-bond donors (Lipinski definition) is 1. The van der Waals surface area contributed by atoms with Gasteiger partial charge in [0, 0.05) is 31.4 Å². The third kappa shape index (κ3) is 3.15. The molecule has 1 aliphatic carbocycles. The quantitative estimate of drug-likeness (QED) is 0.890. The van der Waals surface area contributed by atoms with Crippen molar-refractivity contribution in [3.63, 3.8) is 0 Å². The minimum atomic E-state index is 0.0143. The molecule has 1 aromatic heterocycles. The zero-order valence-corrected chi connectivity index (χ0v) is 11.2. The van der Waals surface area contributed by atoms with Crippen LogP contribution in [-0.2, 0) is 22.5 Å². The molecule has 1 saturated carbocycles. The van der Waals surface area contributed by atoms with Gasteiger partial charge in [0.15, 0.2) is 0 Å². The summed E-state index contributed by atoms with van der Waals surface area (Å²) < 4.78 is 7.75. The average molecular weight is 263 g/mol. The van der Waals surface area contributed by atoms with Crippen molar-refractivity contribution in [3.05, 3.63) is 18.2 Å². The molecule has 0 bridgehead atoms. The van der Waals surface area contributed by atoms with E-state index in [0.717, 1.165) is 38.1 Å². The highest BCUT2D eigenvalue weighted by Crippen LogP contribution is 2.20. The maximum atomic E-state index is 11.9. The Morgan fingerprint density at radius 1 is 1.42 bits per heavy atom. The van der Waals surface area contributed by atoms with Gasteiger partial charge in [-0.25, -0.2) is 4.98 Å². The first kappa shape index (κ1) is 12.7. The number of nitrogens with one attached hydrogen (secondary N) is 1. The highest BCUT2D eigenvalue weighted by Gasteiger charge is 2.21. The summed E-state index contributed by atoms with van der Waals surface area (Å²) in [6, 6.07) is 0.210. The standard InChI is InChI=1S/C14H21N3O2/c18-14(10-19-12-3-1-2-4-12)16-11-5-6-13-15-7-8-17(13)9-11/h7-8,11-12H,1-6,9-10H2,(H,16,18)/t11-/m0/s1. The van der Waals surface area contributed by atoms with E-state index >= 15 is 0 Å². The van der Waals surface area contributed by atoms with E-state index in [2.05, 4.69) is 14.9 Å². The molecule has 0 spiro atoms. The third-order valence-electron chi connectivity index (χ3n) is 4.05. The minimum Gasteiger partial charge on any atom is -0.368 e. The van der Waals surface area contributed by atoms with Crippen LogP contribution in [0.4, 0.5) is 0 Å². The highest BCUT2D eigenvalue weighted by atomic mass is 16.5. The van der Waals surface area contributed by atoms with Crippen LogP contribution in [0.25, 0.3) is 0 Å². The van der Waals surface area contributed by atoms with Gasteiger partial charge in [0.25, 0.3) is 0 Å². The van der Waals surface area contributed by atoms with E-state index in [1.54, 1.807) is 0 Å². The van der Waals surface area contributed by atoms with Crippen molar-refractivity contribution in [1.82, 2.24) is 14.9 Å². The Morgan fingerprint density at radius 3 is 3.11 bits per heavy atom. The summed E-state index contributed by atoms with van der Waals surface area (Å²) in [5, 5.41) is 3.06. The fraction of sp³-hybridized carbons (Fsp3) is 0.714. The van der Waals surface area contributed by atoms with Gasteiger partial charge in [0.05, 0.1) is 6.10 Å². The number of fused-ring (bicyclic) bond motifs is 1. The molecule has 1 amide bonds. The topological polar surface area (TPSA) is 56.1 Å². The number of aromatic nitrogens is 2. The monoisotopic (exact) mass is 263 g/mol. The number of hydrogen-bond acceptors (Lipinski definition) is 3. The predicted octanol–water partition coefficient (Wildman–Crippen LogP) is 1.27. The molecule has 1 aromatic rings. The Morgan fingerprint density at radius 2 is 2.26 bits per heavy atom. The molecule has 1 atom stereocenters. The van der Waals surface area contributed by atoms with Crippen molar-refractivity contribution in [2.24, 2.45) is 0 Å². The van der Waals surface area contributed by atoms with E-state index in [1.165, 1.54) is 12.8 Å². The molecule has 0 saturated heterocycles. The second kappa shape index (κ2) is 5.74. The predicted molar refractivity (Wildman–Crippen MR) is 70.7 cm³/mol. The largest absolute Gasteiger partial charge is 0.368 e. The minimum absolute atomic E-state index is 0.0143. The van der Waals surface area contributed by atoms with Gasteiger partial charge in [-0.1, -0.05) is 12.8 Å². The van der Waals surface area contributed by atoms with E-state index in [1.807, 2.05) is 12.4 Å². The van der Waals surface area contributed by atoms with Gasteiger partial charge in [-0.2, -0.15) is 0 Å². The van der Waals surface area contributed by atoms with E-state index in [9.17, 15) is 4.79 Å². The second-order valence-corrected chi connectivity index (χ2v) is 5.52. The maximum absolute atomic E-state index is 11.9. The molecule has 3 rings (SSSR count). The van der Waals surface area contributed by atoms with Crippen LogP contribution >= 0.6 is 0 Å². The summed E-state index contributed by atoms with van der Waals surface area (Å²) in [7, 11) is 0. The second-order valence-electron chi connectivity index (χ2n) is 5.52. The van der Waals surface area contributed by atoms with Crippen molar-refractivity contribution in [2.45, 2.75) is 57.2 Å². The molecule has 104 valence electrons. The smallest absolute Gasteiger partial charge is 0.246 e. The van der Waals surface area contributed by atoms with Crippen LogP contribution in [0.2, 0.25) is 0 Å². The Bertz CT molecular complexity index is 438. The molecule has 0 radical (unpaired) electrons. The number of imidazole rings is 1. The lowest BCUT2D eigenvalue weighted by atomic mass is 10.1. The number of nitrogens with zero attached hydrogens (tertiary/aromatic N) is 2. The van der Waals surface area contributed by atoms with Crippen LogP contribution in [0.1, 0.15) is 37.9 Å². The number of carbonyl (C=O) groups is 1. The van der Waals surface area contributed by atoms with Crippen LogP contribution in [0.15, 0.2) is 12.4 Å². The first-order valence-electron chi connectivity index (χ1n) is 7.22. The molecule has 5 nitrogen and oxygen atoms in total. The van der Waals surface area contributed by atoms with Crippen LogP contribution in [0.3, 0.4) is 0 Å². The van der Waals surface area contributed by atoms with Crippen molar-refractivity contribution < 1.29 is 9.53 Å². The van der Waals surface area contributed by atoms with Crippen molar-refractivity contribution >= 4 is 5.91 Å². The number of aryl methyl sites for hydroxylation is 1. The number of rotatable bonds is 4. The fourth-order valence-corrected chi connectivity index (χ4v) is 3.00. The average Bonchev–Trinajstić information content (AvgIpc) is 3.07. The molecular formula is C14H21N3O2. The van der Waals surface area contributed by atoms with Gasteiger partial charge < -0.3 is 14.6 Å². The number of ether oxygens (including phenoxy) is 1. The molecule has 5 heteroatoms. The van der Waals surface area contributed by atoms with Crippen LogP contribution < -0.4 is 5.32 Å². The SMILES string of the molecule is O=C(COC1CCCC1)N[C@H]1CCc2nccn2C1. The number of carbonyl (C=O) groups excluding carboxylic acids is 1. The Labute approximate surface area is 113 Å². The van der Waals surface area contributed by atoms with E-state index in [-0.39, 0.29) is 18.6 Å². The Kier molecular flexibility index (Phi) is 3.82. The van der Waals surface area contributed by atoms with Crippen LogP contribution in [0, 0.1) is 0 Å². The molecule has 0 aromatic carbocycles. The zero-order chi connectivity index (χ0) is 13.1. The summed E-state index contributed by atoms with van der Waals surface area (Å²) in [6.07, 6.45) is 10.7. The molecule has 19 heavy (non-hydrogen) atoms. The lowest BCUT2D eigenvalue weighted by Crippen LogP contribution is -2.42. The van der Waals surface area contributed by atoms with E-state index in [0.29, 0.717) is 6.10 Å². The summed E-state index contributed by atoms with van der Waals surface area (Å²) in [6.45, 7) is 1.03. The molecule has 1 fully saturated rings. The zero-order valence-electron chi connectivity index (χ0n) is 11.2. The molecule has 2 aliphatic rings. The van der Waals surface area contributed by atoms with Gasteiger partial charge in [0.2, 0.25) is 5.91 Å². The first-order chi connectivity index (χ1) is 9.31. The first-order valence-corrected chi connectivity index (χ1v) is 7.22. The number of amides is 1. The van der Waals surface area contributed by atoms with Crippen molar-refractivity contribution in [2.75, 3.05) is 6.61 Å². The maximum Gasteiger partial charge on any atom is 0.246 e. The summed E-state index contributed by atoms with van der Waals surface area (Å²) >= 11 is 0. The summed E-state index contributed by atoms with van der Waals surface area (Å²) in [5.41, 5.74) is 0. The van der Waals surface area contributed by atoms with Crippen LogP contribution in [-0.4, -0.2) is 34.2 Å².